The molecule has 4 aliphatic rings. The molecule has 1 aliphatic heterocycles. The van der Waals surface area contributed by atoms with Crippen LogP contribution in [0.15, 0.2) is 42.1 Å². The van der Waals surface area contributed by atoms with Gasteiger partial charge in [-0.3, -0.25) is 9.78 Å². The highest BCUT2D eigenvalue weighted by Gasteiger charge is 2.66. The van der Waals surface area contributed by atoms with Gasteiger partial charge in [0.15, 0.2) is 0 Å². The first-order chi connectivity index (χ1) is 14.2. The molecule has 5 unspecified atom stereocenters. The monoisotopic (exact) mass is 414 g/mol. The summed E-state index contributed by atoms with van der Waals surface area (Å²) in [5, 5.41) is 6.45. The lowest BCUT2D eigenvalue weighted by Gasteiger charge is -2.35. The number of hydrogen-bond acceptors (Lipinski definition) is 6. The van der Waals surface area contributed by atoms with E-state index in [1.54, 1.807) is 23.7 Å². The number of fused-ring (bicyclic) bond motifs is 3. The van der Waals surface area contributed by atoms with E-state index in [1.165, 1.54) is 12.8 Å². The molecule has 2 aromatic rings. The molecular formula is C22H30N4O2S. The van der Waals surface area contributed by atoms with E-state index in [2.05, 4.69) is 22.5 Å². The van der Waals surface area contributed by atoms with Gasteiger partial charge in [-0.1, -0.05) is 12.2 Å². The molecule has 0 spiro atoms. The molecule has 2 aromatic heterocycles. The minimum atomic E-state index is -0.0183. The number of nitrogens with one attached hydrogen (secondary N) is 1. The highest BCUT2D eigenvalue weighted by atomic mass is 32.1. The minimum Gasteiger partial charge on any atom is -0.490 e. The van der Waals surface area contributed by atoms with Gasteiger partial charge < -0.3 is 15.0 Å². The number of thiazole rings is 1. The van der Waals surface area contributed by atoms with Crippen molar-refractivity contribution in [2.45, 2.75) is 24.3 Å². The van der Waals surface area contributed by atoms with E-state index in [9.17, 15) is 4.79 Å². The highest BCUT2D eigenvalue weighted by Crippen LogP contribution is 2.70. The number of carbonyl (C=O) groups is 1. The van der Waals surface area contributed by atoms with Crippen LogP contribution >= 0.6 is 11.3 Å². The van der Waals surface area contributed by atoms with Crippen molar-refractivity contribution < 1.29 is 13.8 Å². The van der Waals surface area contributed by atoms with Gasteiger partial charge in [0.2, 0.25) is 0 Å². The fourth-order valence-corrected chi connectivity index (χ4v) is 6.15. The zero-order chi connectivity index (χ0) is 19.4. The van der Waals surface area contributed by atoms with E-state index in [1.807, 2.05) is 22.4 Å². The Labute approximate surface area is 178 Å². The summed E-state index contributed by atoms with van der Waals surface area (Å²) in [5.74, 6) is 3.18. The highest BCUT2D eigenvalue weighted by molar-refractivity contribution is 7.10. The summed E-state index contributed by atoms with van der Waals surface area (Å²) in [6.45, 7) is 2.63. The standard InChI is InChI=1S/C22H24N4O2S.3H2/c27-20(26-7-6-24-10-15(26)12-28-16-2-1-5-23-11-16)19-13-29-21(25-19)22-4-3-14-8-17(14)18(22)9-22;;;/h1-5,11,13-15,17-18,24H,6-10,12H2;3*1H. The van der Waals surface area contributed by atoms with Crippen molar-refractivity contribution in [2.24, 2.45) is 17.8 Å². The van der Waals surface area contributed by atoms with Crippen LogP contribution in [0.1, 0.15) is 32.6 Å². The van der Waals surface area contributed by atoms with Gasteiger partial charge in [0.05, 0.1) is 12.2 Å². The number of amides is 1. The summed E-state index contributed by atoms with van der Waals surface area (Å²) in [5.41, 5.74) is 0.720. The first-order valence-electron chi connectivity index (χ1n) is 10.4. The predicted molar refractivity (Wildman–Crippen MR) is 116 cm³/mol. The first-order valence-corrected chi connectivity index (χ1v) is 11.3. The van der Waals surface area contributed by atoms with Crippen molar-refractivity contribution in [3.63, 3.8) is 0 Å². The summed E-state index contributed by atoms with van der Waals surface area (Å²) in [7, 11) is 0. The average molecular weight is 415 g/mol. The molecule has 3 heterocycles. The van der Waals surface area contributed by atoms with Crippen LogP contribution in [0.3, 0.4) is 0 Å². The Morgan fingerprint density at radius 3 is 3.34 bits per heavy atom. The molecule has 1 amide bonds. The van der Waals surface area contributed by atoms with Crippen LogP contribution in [0.5, 0.6) is 5.75 Å². The lowest BCUT2D eigenvalue weighted by atomic mass is 9.96. The quantitative estimate of drug-likeness (QED) is 0.761. The van der Waals surface area contributed by atoms with E-state index in [4.69, 9.17) is 9.72 Å². The molecule has 5 atom stereocenters. The van der Waals surface area contributed by atoms with Crippen molar-refractivity contribution in [3.05, 3.63) is 52.8 Å². The molecule has 0 bridgehead atoms. The Bertz CT molecular complexity index is 975. The molecule has 6 nitrogen and oxygen atoms in total. The number of hydrogen-bond donors (Lipinski definition) is 1. The van der Waals surface area contributed by atoms with Crippen LogP contribution in [0.25, 0.3) is 0 Å². The second kappa shape index (κ2) is 6.64. The number of piperazine rings is 1. The second-order valence-electron chi connectivity index (χ2n) is 8.67. The molecule has 1 N–H and O–H groups in total. The normalized spacial score (nSPS) is 34.3. The van der Waals surface area contributed by atoms with Crippen molar-refractivity contribution in [2.75, 3.05) is 26.2 Å². The molecule has 7 heteroatoms. The van der Waals surface area contributed by atoms with Gasteiger partial charge in [-0.15, -0.1) is 11.3 Å². The smallest absolute Gasteiger partial charge is 0.273 e. The largest absolute Gasteiger partial charge is 0.490 e. The third-order valence-corrected chi connectivity index (χ3v) is 7.95. The fourth-order valence-electron chi connectivity index (χ4n) is 5.10. The van der Waals surface area contributed by atoms with Crippen LogP contribution in [0.4, 0.5) is 0 Å². The molecule has 0 aromatic carbocycles. The Hall–Kier alpha value is -2.25. The predicted octanol–water partition coefficient (Wildman–Crippen LogP) is 3.23. The first kappa shape index (κ1) is 17.6. The van der Waals surface area contributed by atoms with Gasteiger partial charge in [-0.25, -0.2) is 4.98 Å². The summed E-state index contributed by atoms with van der Waals surface area (Å²) >= 11 is 1.66. The molecule has 29 heavy (non-hydrogen) atoms. The molecule has 156 valence electrons. The summed E-state index contributed by atoms with van der Waals surface area (Å²) < 4.78 is 5.88. The Morgan fingerprint density at radius 1 is 1.48 bits per heavy atom. The lowest BCUT2D eigenvalue weighted by Crippen LogP contribution is -2.56. The number of pyridine rings is 1. The maximum atomic E-state index is 13.3. The zero-order valence-corrected chi connectivity index (χ0v) is 17.0. The molecule has 3 fully saturated rings. The summed E-state index contributed by atoms with van der Waals surface area (Å²) in [6, 6.07) is 3.72. The number of aromatic nitrogens is 2. The molecular weight excluding hydrogens is 384 g/mol. The van der Waals surface area contributed by atoms with Crippen LogP contribution in [-0.2, 0) is 5.41 Å². The molecule has 2 saturated carbocycles. The maximum absolute atomic E-state index is 13.3. The van der Waals surface area contributed by atoms with Gasteiger partial charge in [-0.05, 0) is 42.7 Å². The third kappa shape index (κ3) is 2.99. The Balaban J connectivity index is 0.000000963. The van der Waals surface area contributed by atoms with Crippen LogP contribution in [0, 0.1) is 17.8 Å². The van der Waals surface area contributed by atoms with Crippen molar-refractivity contribution in [1.29, 1.82) is 0 Å². The van der Waals surface area contributed by atoms with E-state index in [0.717, 1.165) is 41.6 Å². The van der Waals surface area contributed by atoms with Crippen LogP contribution < -0.4 is 10.1 Å². The number of ether oxygens (including phenoxy) is 1. The summed E-state index contributed by atoms with van der Waals surface area (Å²) in [4.78, 5) is 24.1. The van der Waals surface area contributed by atoms with Gasteiger partial charge in [0.1, 0.15) is 23.1 Å². The van der Waals surface area contributed by atoms with Crippen LogP contribution in [-0.4, -0.2) is 53.1 Å². The van der Waals surface area contributed by atoms with Crippen molar-refractivity contribution in [1.82, 2.24) is 20.2 Å². The van der Waals surface area contributed by atoms with Gasteiger partial charge >= 0.3 is 0 Å². The van der Waals surface area contributed by atoms with Gasteiger partial charge in [-0.2, -0.15) is 0 Å². The fraction of sp³-hybridized carbons (Fsp3) is 0.500. The third-order valence-electron chi connectivity index (χ3n) is 6.92. The number of carbonyl (C=O) groups excluding carboxylic acids is 1. The van der Waals surface area contributed by atoms with Crippen molar-refractivity contribution >= 4 is 17.2 Å². The maximum Gasteiger partial charge on any atom is 0.273 e. The summed E-state index contributed by atoms with van der Waals surface area (Å²) in [6.07, 6.45) is 10.7. The van der Waals surface area contributed by atoms with E-state index >= 15 is 0 Å². The molecule has 1 saturated heterocycles. The number of allylic oxidation sites excluding steroid dienone is 2. The van der Waals surface area contributed by atoms with E-state index in [-0.39, 0.29) is 21.6 Å². The minimum absolute atomic E-state index is 0. The molecule has 0 radical (unpaired) electrons. The SMILES string of the molecule is O=C(c1csc(C23C=CC4CC4C2C3)n1)N1CCNCC1COc1cccnc1.[HH].[HH].[HH]. The van der Waals surface area contributed by atoms with Gasteiger partial charge in [0, 0.05) is 40.9 Å². The zero-order valence-electron chi connectivity index (χ0n) is 16.2. The van der Waals surface area contributed by atoms with Crippen molar-refractivity contribution in [3.8, 4) is 5.75 Å². The van der Waals surface area contributed by atoms with Gasteiger partial charge in [0.25, 0.3) is 5.91 Å². The average Bonchev–Trinajstić information content (AvgIpc) is 3.66. The Morgan fingerprint density at radius 2 is 2.45 bits per heavy atom. The lowest BCUT2D eigenvalue weighted by molar-refractivity contribution is 0.0554. The second-order valence-corrected chi connectivity index (χ2v) is 9.53. The molecule has 6 rings (SSSR count). The Kier molecular flexibility index (Phi) is 4.03. The van der Waals surface area contributed by atoms with Crippen LogP contribution in [0.2, 0.25) is 0 Å². The molecule has 3 aliphatic carbocycles. The van der Waals surface area contributed by atoms with E-state index < -0.39 is 0 Å². The number of nitrogens with zero attached hydrogens (tertiary/aromatic N) is 3. The van der Waals surface area contributed by atoms with E-state index in [0.29, 0.717) is 18.8 Å². The topological polar surface area (TPSA) is 67.4 Å². The number of rotatable bonds is 5.